The summed E-state index contributed by atoms with van der Waals surface area (Å²) in [6.07, 6.45) is 9.36. The van der Waals surface area contributed by atoms with Crippen molar-refractivity contribution in [1.29, 1.82) is 0 Å². The fourth-order valence-corrected chi connectivity index (χ4v) is 5.97. The molecule has 0 spiro atoms. The molecule has 0 radical (unpaired) electrons. The van der Waals surface area contributed by atoms with Gasteiger partial charge >= 0.3 is 6.03 Å². The predicted molar refractivity (Wildman–Crippen MR) is 79.5 cm³/mol. The van der Waals surface area contributed by atoms with Crippen molar-refractivity contribution >= 4 is 11.9 Å². The van der Waals surface area contributed by atoms with Gasteiger partial charge in [-0.05, 0) is 82.0 Å². The molecule has 3 amide bonds. The van der Waals surface area contributed by atoms with E-state index in [0.29, 0.717) is 12.0 Å². The molecule has 5 rings (SSSR count). The van der Waals surface area contributed by atoms with E-state index in [9.17, 15) is 9.59 Å². The molecule has 0 atom stereocenters. The monoisotopic (exact) mass is 290 g/mol. The van der Waals surface area contributed by atoms with Crippen LogP contribution in [-0.4, -0.2) is 28.9 Å². The van der Waals surface area contributed by atoms with Crippen LogP contribution in [0.5, 0.6) is 0 Å². The molecule has 116 valence electrons. The van der Waals surface area contributed by atoms with Crippen molar-refractivity contribution in [1.82, 2.24) is 10.2 Å². The van der Waals surface area contributed by atoms with Crippen LogP contribution in [0, 0.1) is 23.2 Å². The number of carbonyl (C=O) groups is 2. The molecule has 4 saturated carbocycles. The van der Waals surface area contributed by atoms with Crippen molar-refractivity contribution in [2.45, 2.75) is 64.3 Å². The number of nitrogens with one attached hydrogen (secondary N) is 1. The fraction of sp³-hybridized carbons (Fsp3) is 0.882. The fourth-order valence-electron chi connectivity index (χ4n) is 5.97. The molecule has 21 heavy (non-hydrogen) atoms. The molecular weight excluding hydrogens is 264 g/mol. The third kappa shape index (κ3) is 2.09. The molecule has 0 unspecified atom stereocenters. The molecule has 5 fully saturated rings. The first kappa shape index (κ1) is 13.6. The number of carbonyl (C=O) groups excluding carboxylic acids is 2. The first-order chi connectivity index (χ1) is 9.87. The van der Waals surface area contributed by atoms with Crippen LogP contribution in [0.25, 0.3) is 0 Å². The zero-order chi connectivity index (χ0) is 14.8. The zero-order valence-corrected chi connectivity index (χ0v) is 13.2. The largest absolute Gasteiger partial charge is 0.325 e. The maximum absolute atomic E-state index is 12.3. The Morgan fingerprint density at radius 3 is 2.00 bits per heavy atom. The lowest BCUT2D eigenvalue weighted by Gasteiger charge is -2.57. The van der Waals surface area contributed by atoms with Crippen LogP contribution in [0.15, 0.2) is 0 Å². The second kappa shape index (κ2) is 4.23. The van der Waals surface area contributed by atoms with Crippen LogP contribution < -0.4 is 5.32 Å². The quantitative estimate of drug-likeness (QED) is 0.812. The number of hydrogen-bond acceptors (Lipinski definition) is 2. The Hall–Kier alpha value is -1.06. The molecule has 4 heteroatoms. The molecule has 1 N–H and O–H groups in total. The van der Waals surface area contributed by atoms with Crippen molar-refractivity contribution in [3.8, 4) is 0 Å². The standard InChI is InChI=1S/C17H26N2O2/c1-16(2)14(20)19(15(21)18-16)4-3-17-8-11-5-12(9-17)7-13(6-11)10-17/h11-13H,3-10H2,1-2H3,(H,18,21). The highest BCUT2D eigenvalue weighted by atomic mass is 16.2. The zero-order valence-electron chi connectivity index (χ0n) is 13.2. The second-order valence-electron chi connectivity index (χ2n) is 8.68. The minimum absolute atomic E-state index is 0.0581. The van der Waals surface area contributed by atoms with Gasteiger partial charge in [-0.1, -0.05) is 0 Å². The van der Waals surface area contributed by atoms with E-state index >= 15 is 0 Å². The third-order valence-corrected chi connectivity index (χ3v) is 6.48. The maximum Gasteiger partial charge on any atom is 0.325 e. The Labute approximate surface area is 126 Å². The summed E-state index contributed by atoms with van der Waals surface area (Å²) in [5.74, 6) is 2.72. The van der Waals surface area contributed by atoms with Crippen molar-refractivity contribution in [2.24, 2.45) is 23.2 Å². The molecule has 0 aromatic rings. The molecule has 4 bridgehead atoms. The van der Waals surface area contributed by atoms with Crippen molar-refractivity contribution < 1.29 is 9.59 Å². The highest BCUT2D eigenvalue weighted by molar-refractivity contribution is 6.06. The molecule has 4 nitrogen and oxygen atoms in total. The minimum Gasteiger partial charge on any atom is -0.324 e. The van der Waals surface area contributed by atoms with E-state index in [0.717, 1.165) is 24.2 Å². The Morgan fingerprint density at radius 2 is 1.57 bits per heavy atom. The summed E-state index contributed by atoms with van der Waals surface area (Å²) >= 11 is 0. The molecular formula is C17H26N2O2. The van der Waals surface area contributed by atoms with Gasteiger partial charge in [0.15, 0.2) is 0 Å². The van der Waals surface area contributed by atoms with Crippen molar-refractivity contribution in [2.75, 3.05) is 6.54 Å². The normalized spacial score (nSPS) is 43.5. The summed E-state index contributed by atoms with van der Waals surface area (Å²) in [7, 11) is 0. The number of urea groups is 1. The lowest BCUT2D eigenvalue weighted by Crippen LogP contribution is -2.48. The number of amides is 3. The van der Waals surface area contributed by atoms with E-state index in [-0.39, 0.29) is 11.9 Å². The Balaban J connectivity index is 1.45. The molecule has 1 aliphatic heterocycles. The Bertz CT molecular complexity index is 462. The molecule has 5 aliphatic rings. The van der Waals surface area contributed by atoms with Crippen LogP contribution in [0.2, 0.25) is 0 Å². The summed E-state index contributed by atoms with van der Waals surface area (Å²) in [5, 5.41) is 2.79. The topological polar surface area (TPSA) is 49.4 Å². The summed E-state index contributed by atoms with van der Waals surface area (Å²) in [4.78, 5) is 25.8. The van der Waals surface area contributed by atoms with E-state index in [1.165, 1.54) is 43.4 Å². The smallest absolute Gasteiger partial charge is 0.324 e. The summed E-state index contributed by atoms with van der Waals surface area (Å²) in [6.45, 7) is 4.19. The minimum atomic E-state index is -0.724. The lowest BCUT2D eigenvalue weighted by atomic mass is 9.49. The van der Waals surface area contributed by atoms with Crippen LogP contribution in [0.1, 0.15) is 58.8 Å². The van der Waals surface area contributed by atoms with Crippen LogP contribution >= 0.6 is 0 Å². The third-order valence-electron chi connectivity index (χ3n) is 6.48. The molecule has 1 saturated heterocycles. The van der Waals surface area contributed by atoms with E-state index < -0.39 is 5.54 Å². The molecule has 4 aliphatic carbocycles. The highest BCUT2D eigenvalue weighted by Crippen LogP contribution is 2.61. The second-order valence-corrected chi connectivity index (χ2v) is 8.68. The summed E-state index contributed by atoms with van der Waals surface area (Å²) in [6, 6.07) is -0.199. The number of nitrogens with zero attached hydrogens (tertiary/aromatic N) is 1. The van der Waals surface area contributed by atoms with Crippen molar-refractivity contribution in [3.05, 3.63) is 0 Å². The molecule has 0 aromatic heterocycles. The van der Waals surface area contributed by atoms with Crippen LogP contribution in [0.3, 0.4) is 0 Å². The summed E-state index contributed by atoms with van der Waals surface area (Å²) in [5.41, 5.74) is -0.291. The first-order valence-electron chi connectivity index (χ1n) is 8.51. The van der Waals surface area contributed by atoms with Crippen LogP contribution in [0.4, 0.5) is 4.79 Å². The predicted octanol–water partition coefficient (Wildman–Crippen LogP) is 2.92. The highest BCUT2D eigenvalue weighted by Gasteiger charge is 2.51. The van der Waals surface area contributed by atoms with Gasteiger partial charge in [0.25, 0.3) is 5.91 Å². The maximum atomic E-state index is 12.3. The Morgan fingerprint density at radius 1 is 1.05 bits per heavy atom. The van der Waals surface area contributed by atoms with Gasteiger partial charge in [-0.25, -0.2) is 4.79 Å². The van der Waals surface area contributed by atoms with E-state index in [2.05, 4.69) is 5.32 Å². The molecule has 1 heterocycles. The van der Waals surface area contributed by atoms with Gasteiger partial charge in [0.05, 0.1) is 0 Å². The number of imide groups is 1. The first-order valence-corrected chi connectivity index (χ1v) is 8.51. The van der Waals surface area contributed by atoms with Gasteiger partial charge in [-0.15, -0.1) is 0 Å². The van der Waals surface area contributed by atoms with Gasteiger partial charge in [0.1, 0.15) is 5.54 Å². The number of rotatable bonds is 3. The van der Waals surface area contributed by atoms with Gasteiger partial charge in [-0.3, -0.25) is 9.69 Å². The molecule has 0 aromatic carbocycles. The average molecular weight is 290 g/mol. The summed E-state index contributed by atoms with van der Waals surface area (Å²) < 4.78 is 0. The van der Waals surface area contributed by atoms with Gasteiger partial charge in [0.2, 0.25) is 0 Å². The van der Waals surface area contributed by atoms with Gasteiger partial charge < -0.3 is 5.32 Å². The van der Waals surface area contributed by atoms with Gasteiger partial charge in [-0.2, -0.15) is 0 Å². The lowest BCUT2D eigenvalue weighted by molar-refractivity contribution is -0.131. The average Bonchev–Trinajstić information content (AvgIpc) is 2.54. The van der Waals surface area contributed by atoms with Crippen molar-refractivity contribution in [3.63, 3.8) is 0 Å². The van der Waals surface area contributed by atoms with E-state index in [1.807, 2.05) is 0 Å². The van der Waals surface area contributed by atoms with E-state index in [1.54, 1.807) is 13.8 Å². The van der Waals surface area contributed by atoms with Gasteiger partial charge in [0, 0.05) is 6.54 Å². The number of hydrogen-bond donors (Lipinski definition) is 1. The van der Waals surface area contributed by atoms with E-state index in [4.69, 9.17) is 0 Å². The Kier molecular flexibility index (Phi) is 2.74. The van der Waals surface area contributed by atoms with Crippen LogP contribution in [-0.2, 0) is 4.79 Å². The SMILES string of the molecule is CC1(C)NC(=O)N(CCC23CC4CC(CC(C4)C2)C3)C1=O.